The molecule has 0 spiro atoms. The number of rotatable bonds is 7. The third kappa shape index (κ3) is 4.52. The smallest absolute Gasteiger partial charge is 0.399 e. The summed E-state index contributed by atoms with van der Waals surface area (Å²) in [5.74, 6) is 2.48. The molecule has 9 nitrogen and oxygen atoms in total. The number of benzene rings is 2. The first-order valence-corrected chi connectivity index (χ1v) is 11.1. The highest BCUT2D eigenvalue weighted by molar-refractivity contribution is 5.43. The highest BCUT2D eigenvalue weighted by Gasteiger charge is 2.39. The maximum absolute atomic E-state index is 5.96. The van der Waals surface area contributed by atoms with Gasteiger partial charge < -0.3 is 29.8 Å². The van der Waals surface area contributed by atoms with Crippen molar-refractivity contribution in [1.29, 1.82) is 0 Å². The lowest BCUT2D eigenvalue weighted by Gasteiger charge is -2.41. The first kappa shape index (κ1) is 22.1. The highest BCUT2D eigenvalue weighted by Crippen LogP contribution is 2.35. The van der Waals surface area contributed by atoms with E-state index in [4.69, 9.17) is 29.8 Å². The van der Waals surface area contributed by atoms with Gasteiger partial charge in [-0.15, -0.1) is 10.2 Å². The summed E-state index contributed by atoms with van der Waals surface area (Å²) in [6.07, 6.45) is 3.00. The quantitative estimate of drug-likeness (QED) is 0.386. The second kappa shape index (κ2) is 8.27. The number of nitrogens with zero attached hydrogens (tertiary/aromatic N) is 3. The summed E-state index contributed by atoms with van der Waals surface area (Å²) in [5, 5.41) is 7.69. The Morgan fingerprint density at radius 1 is 0.912 bits per heavy atom. The molecule has 4 aromatic rings. The molecule has 34 heavy (non-hydrogen) atoms. The van der Waals surface area contributed by atoms with Crippen LogP contribution in [0.4, 0.5) is 0 Å². The lowest BCUT2D eigenvalue weighted by molar-refractivity contribution is 0.0466. The van der Waals surface area contributed by atoms with E-state index in [1.54, 1.807) is 6.92 Å². The van der Waals surface area contributed by atoms with Crippen LogP contribution in [0.15, 0.2) is 63.6 Å². The predicted molar refractivity (Wildman–Crippen MR) is 124 cm³/mol. The zero-order valence-corrected chi connectivity index (χ0v) is 19.3. The van der Waals surface area contributed by atoms with Gasteiger partial charge in [-0.25, -0.2) is 0 Å². The van der Waals surface area contributed by atoms with Gasteiger partial charge in [-0.1, -0.05) is 38.1 Å². The zero-order chi connectivity index (χ0) is 23.9. The third-order valence-electron chi connectivity index (χ3n) is 6.10. The Bertz CT molecular complexity index is 1270. The SMILES string of the molecule is Cc1nnc(-c2cnc(Oc3ccc(C(C)(C)c4ccc(OC5CC(N)(N)C5)cc4)cc3)o2)o1. The summed E-state index contributed by atoms with van der Waals surface area (Å²) in [5.41, 5.74) is 13.2. The molecule has 0 bridgehead atoms. The van der Waals surface area contributed by atoms with Crippen LogP contribution in [0.3, 0.4) is 0 Å². The Morgan fingerprint density at radius 3 is 2.09 bits per heavy atom. The molecule has 0 aliphatic heterocycles. The summed E-state index contributed by atoms with van der Waals surface area (Å²) < 4.78 is 22.6. The number of hydrogen-bond donors (Lipinski definition) is 2. The Kier molecular flexibility index (Phi) is 5.38. The van der Waals surface area contributed by atoms with Crippen LogP contribution < -0.4 is 20.9 Å². The van der Waals surface area contributed by atoms with Gasteiger partial charge in [0.05, 0.1) is 11.9 Å². The van der Waals surface area contributed by atoms with Crippen molar-refractivity contribution in [1.82, 2.24) is 15.2 Å². The molecule has 5 rings (SSSR count). The first-order valence-electron chi connectivity index (χ1n) is 11.1. The van der Waals surface area contributed by atoms with E-state index in [-0.39, 0.29) is 23.5 Å². The fourth-order valence-corrected chi connectivity index (χ4v) is 4.02. The average Bonchev–Trinajstić information content (AvgIpc) is 3.42. The van der Waals surface area contributed by atoms with Crippen LogP contribution in [-0.4, -0.2) is 26.9 Å². The molecular formula is C25H27N5O4. The molecule has 2 heterocycles. The molecule has 0 amide bonds. The molecule has 2 aromatic heterocycles. The molecule has 1 fully saturated rings. The Balaban J connectivity index is 1.24. The van der Waals surface area contributed by atoms with E-state index in [0.29, 0.717) is 30.2 Å². The van der Waals surface area contributed by atoms with Gasteiger partial charge in [0.25, 0.3) is 5.89 Å². The predicted octanol–water partition coefficient (Wildman–Crippen LogP) is 4.31. The normalized spacial score (nSPS) is 15.7. The van der Waals surface area contributed by atoms with Gasteiger partial charge >= 0.3 is 6.08 Å². The van der Waals surface area contributed by atoms with Crippen LogP contribution in [0.1, 0.15) is 43.7 Å². The lowest BCUT2D eigenvalue weighted by Crippen LogP contribution is -2.62. The number of aromatic nitrogens is 3. The summed E-state index contributed by atoms with van der Waals surface area (Å²) in [6.45, 7) is 6.06. The van der Waals surface area contributed by atoms with Crippen LogP contribution in [0, 0.1) is 6.92 Å². The Labute approximate surface area is 197 Å². The van der Waals surface area contributed by atoms with Gasteiger partial charge in [0, 0.05) is 25.2 Å². The first-order chi connectivity index (χ1) is 16.2. The van der Waals surface area contributed by atoms with Crippen molar-refractivity contribution >= 4 is 0 Å². The van der Waals surface area contributed by atoms with Gasteiger partial charge in [0.2, 0.25) is 11.7 Å². The molecule has 1 aliphatic rings. The molecule has 0 radical (unpaired) electrons. The topological polar surface area (TPSA) is 135 Å². The molecule has 0 unspecified atom stereocenters. The van der Waals surface area contributed by atoms with E-state index >= 15 is 0 Å². The molecule has 1 aliphatic carbocycles. The largest absolute Gasteiger partial charge is 0.490 e. The Hall–Kier alpha value is -3.69. The van der Waals surface area contributed by atoms with Gasteiger partial charge in [-0.2, -0.15) is 4.98 Å². The van der Waals surface area contributed by atoms with Crippen molar-refractivity contribution < 1.29 is 18.3 Å². The third-order valence-corrected chi connectivity index (χ3v) is 6.10. The summed E-state index contributed by atoms with van der Waals surface area (Å²) in [7, 11) is 0. The summed E-state index contributed by atoms with van der Waals surface area (Å²) in [6, 6.07) is 16.0. The molecule has 2 aromatic carbocycles. The molecule has 0 atom stereocenters. The van der Waals surface area contributed by atoms with Crippen molar-refractivity contribution in [2.45, 2.75) is 50.8 Å². The van der Waals surface area contributed by atoms with Crippen molar-refractivity contribution in [2.24, 2.45) is 11.5 Å². The fraction of sp³-hybridized carbons (Fsp3) is 0.320. The molecular weight excluding hydrogens is 434 g/mol. The monoisotopic (exact) mass is 461 g/mol. The van der Waals surface area contributed by atoms with Crippen LogP contribution in [-0.2, 0) is 5.41 Å². The molecule has 176 valence electrons. The number of hydrogen-bond acceptors (Lipinski definition) is 9. The molecule has 4 N–H and O–H groups in total. The number of ether oxygens (including phenoxy) is 2. The van der Waals surface area contributed by atoms with Crippen LogP contribution in [0.25, 0.3) is 11.7 Å². The summed E-state index contributed by atoms with van der Waals surface area (Å²) in [4.78, 5) is 4.12. The molecule has 0 saturated heterocycles. The zero-order valence-electron chi connectivity index (χ0n) is 19.3. The standard InChI is InChI=1S/C25H27N5O4/c1-15-29-30-22(31-15)21-14-28-23(34-21)33-19-10-6-17(7-11-19)24(2,3)16-4-8-18(9-5-16)32-20-12-25(26,27)13-20/h4-11,14,20H,12-13,26-27H2,1-3H3. The number of oxazole rings is 1. The van der Waals surface area contributed by atoms with E-state index < -0.39 is 5.66 Å². The lowest BCUT2D eigenvalue weighted by atomic mass is 9.78. The second-order valence-corrected chi connectivity index (χ2v) is 9.27. The minimum atomic E-state index is -0.592. The van der Waals surface area contributed by atoms with Crippen LogP contribution >= 0.6 is 0 Å². The number of nitrogens with two attached hydrogens (primary N) is 2. The van der Waals surface area contributed by atoms with Crippen molar-refractivity contribution in [2.75, 3.05) is 0 Å². The van der Waals surface area contributed by atoms with Crippen LogP contribution in [0.2, 0.25) is 0 Å². The van der Waals surface area contributed by atoms with Gasteiger partial charge in [-0.05, 0) is 35.4 Å². The van der Waals surface area contributed by atoms with Gasteiger partial charge in [-0.3, -0.25) is 0 Å². The van der Waals surface area contributed by atoms with Crippen molar-refractivity contribution in [3.05, 3.63) is 71.7 Å². The van der Waals surface area contributed by atoms with E-state index in [1.165, 1.54) is 11.8 Å². The fourth-order valence-electron chi connectivity index (χ4n) is 4.02. The maximum atomic E-state index is 5.96. The minimum Gasteiger partial charge on any atom is -0.490 e. The van der Waals surface area contributed by atoms with E-state index in [9.17, 15) is 0 Å². The molecule has 9 heteroatoms. The Morgan fingerprint density at radius 2 is 1.53 bits per heavy atom. The van der Waals surface area contributed by atoms with Crippen molar-refractivity contribution in [3.8, 4) is 29.2 Å². The average molecular weight is 462 g/mol. The minimum absolute atomic E-state index is 0.0808. The number of aryl methyl sites for hydroxylation is 1. The second-order valence-electron chi connectivity index (χ2n) is 9.27. The van der Waals surface area contributed by atoms with Crippen LogP contribution in [0.5, 0.6) is 17.6 Å². The maximum Gasteiger partial charge on any atom is 0.399 e. The van der Waals surface area contributed by atoms with Gasteiger partial charge in [0.15, 0.2) is 0 Å². The molecule has 1 saturated carbocycles. The van der Waals surface area contributed by atoms with E-state index in [1.807, 2.05) is 36.4 Å². The highest BCUT2D eigenvalue weighted by atomic mass is 16.6. The van der Waals surface area contributed by atoms with E-state index in [2.05, 4.69) is 41.2 Å². The summed E-state index contributed by atoms with van der Waals surface area (Å²) >= 11 is 0. The van der Waals surface area contributed by atoms with E-state index in [0.717, 1.165) is 11.3 Å². The van der Waals surface area contributed by atoms with Gasteiger partial charge in [0.1, 0.15) is 17.6 Å². The van der Waals surface area contributed by atoms with Crippen molar-refractivity contribution in [3.63, 3.8) is 0 Å².